The fourth-order valence-electron chi connectivity index (χ4n) is 0.666. The first kappa shape index (κ1) is 20.3. The lowest BCUT2D eigenvalue weighted by molar-refractivity contribution is -0.175. The van der Waals surface area contributed by atoms with Crippen LogP contribution in [0.2, 0.25) is 0 Å². The van der Waals surface area contributed by atoms with Crippen LogP contribution in [-0.4, -0.2) is 32.1 Å². The lowest BCUT2D eigenvalue weighted by Crippen LogP contribution is -2.50. The van der Waals surface area contributed by atoms with Crippen molar-refractivity contribution in [2.45, 2.75) is 32.1 Å². The van der Waals surface area contributed by atoms with E-state index in [4.69, 9.17) is 69.6 Å². The van der Waals surface area contributed by atoms with E-state index in [0.717, 1.165) is 0 Å². The van der Waals surface area contributed by atoms with Gasteiger partial charge in [0.25, 0.3) is 0 Å². The van der Waals surface area contributed by atoms with Gasteiger partial charge in [0.15, 0.2) is 10.8 Å². The van der Waals surface area contributed by atoms with E-state index in [-0.39, 0.29) is 0 Å². The van der Waals surface area contributed by atoms with Crippen LogP contribution in [0, 0.1) is 0 Å². The van der Waals surface area contributed by atoms with Crippen molar-refractivity contribution in [3.05, 3.63) is 0 Å². The molecule has 2 atom stereocenters. The molecule has 0 aromatic heterocycles. The van der Waals surface area contributed by atoms with Crippen LogP contribution in [0.3, 0.4) is 0 Å². The number of ether oxygens (including phenoxy) is 1. The summed E-state index contributed by atoms with van der Waals surface area (Å²) in [6.07, 6.45) is -10.4. The zero-order valence-corrected chi connectivity index (χ0v) is 12.6. The maximum absolute atomic E-state index is 12.2. The molecule has 0 aliphatic heterocycles. The van der Waals surface area contributed by atoms with Gasteiger partial charge in [-0.15, -0.1) is 23.2 Å². The highest BCUT2D eigenvalue weighted by molar-refractivity contribution is 6.54. The summed E-state index contributed by atoms with van der Waals surface area (Å²) in [4.78, 5) is 0. The number of halogens is 12. The number of alkyl halides is 12. The van der Waals surface area contributed by atoms with Gasteiger partial charge in [0.2, 0.25) is 9.04 Å². The van der Waals surface area contributed by atoms with Crippen LogP contribution >= 0.6 is 69.6 Å². The molecule has 0 fully saturated rings. The normalized spacial score (nSPS) is 18.3. The molecule has 0 spiro atoms. The van der Waals surface area contributed by atoms with Gasteiger partial charge in [-0.25, -0.2) is 0 Å². The predicted molar refractivity (Wildman–Crippen MR) is 61.4 cm³/mol. The summed E-state index contributed by atoms with van der Waals surface area (Å²) >= 11 is 29.8. The summed E-state index contributed by atoms with van der Waals surface area (Å²) in [6, 6.07) is 0. The van der Waals surface area contributed by atoms with E-state index in [1.165, 1.54) is 0 Å². The Balaban J connectivity index is 5.11. The molecule has 1 nitrogen and oxygen atoms in total. The van der Waals surface area contributed by atoms with E-state index in [1.54, 1.807) is 0 Å². The molecule has 19 heavy (non-hydrogen) atoms. The fourth-order valence-corrected chi connectivity index (χ4v) is 1.89. The van der Waals surface area contributed by atoms with Gasteiger partial charge in [-0.3, -0.25) is 0 Å². The molecule has 0 aliphatic rings. The van der Waals surface area contributed by atoms with Crippen LogP contribution in [0.25, 0.3) is 0 Å². The average Bonchev–Trinajstić information content (AvgIpc) is 2.10. The third kappa shape index (κ3) is 5.88. The van der Waals surface area contributed by atoms with E-state index in [9.17, 15) is 26.3 Å². The fraction of sp³-hybridized carbons (Fsp3) is 1.00. The Bertz CT molecular complexity index is 284. The average molecular weight is 417 g/mol. The second-order valence-corrected chi connectivity index (χ2v) is 6.54. The minimum absolute atomic E-state index is 3.10. The summed E-state index contributed by atoms with van der Waals surface area (Å²) in [5, 5.41) is -6.20. The second kappa shape index (κ2) is 6.18. The van der Waals surface area contributed by atoms with E-state index in [0.29, 0.717) is 0 Å². The van der Waals surface area contributed by atoms with E-state index in [1.807, 2.05) is 0 Å². The first-order valence-electron chi connectivity index (χ1n) is 3.89. The van der Waals surface area contributed by atoms with Crippen LogP contribution in [0.1, 0.15) is 0 Å². The van der Waals surface area contributed by atoms with Gasteiger partial charge >= 0.3 is 12.4 Å². The summed E-state index contributed by atoms with van der Waals surface area (Å²) in [6.45, 7) is 0. The highest BCUT2D eigenvalue weighted by Gasteiger charge is 2.60. The molecular weight excluding hydrogens is 415 g/mol. The molecule has 13 heteroatoms. The Hall–Kier alpha value is 1.28. The summed E-state index contributed by atoms with van der Waals surface area (Å²) < 4.78 is 70.6. The van der Waals surface area contributed by atoms with Crippen molar-refractivity contribution in [1.29, 1.82) is 0 Å². The zero-order chi connectivity index (χ0) is 15.9. The van der Waals surface area contributed by atoms with Gasteiger partial charge < -0.3 is 4.74 Å². The largest absolute Gasteiger partial charge is 0.410 e. The maximum atomic E-state index is 12.2. The van der Waals surface area contributed by atoms with Gasteiger partial charge in [-0.2, -0.15) is 26.3 Å². The molecule has 0 aromatic carbocycles. The smallest absolute Gasteiger partial charge is 0.306 e. The van der Waals surface area contributed by atoms with Gasteiger partial charge in [0.1, 0.15) is 0 Å². The van der Waals surface area contributed by atoms with Gasteiger partial charge in [0.05, 0.1) is 0 Å². The SMILES string of the molecule is FC(F)(F)C(Cl)C(Cl)(Cl)OC(Cl)(Cl)C(Cl)C(F)(F)F. The van der Waals surface area contributed by atoms with Crippen LogP contribution < -0.4 is 0 Å². The van der Waals surface area contributed by atoms with Gasteiger partial charge in [0, 0.05) is 0 Å². The molecule has 0 amide bonds. The molecule has 0 N–H and O–H groups in total. The van der Waals surface area contributed by atoms with Crippen molar-refractivity contribution >= 4 is 69.6 Å². The monoisotopic (exact) mass is 414 g/mol. The van der Waals surface area contributed by atoms with E-state index >= 15 is 0 Å². The van der Waals surface area contributed by atoms with Crippen LogP contribution in [0.15, 0.2) is 0 Å². The van der Waals surface area contributed by atoms with E-state index in [2.05, 4.69) is 4.74 Å². The maximum Gasteiger partial charge on any atom is 0.410 e. The molecule has 116 valence electrons. The molecule has 0 aromatic rings. The predicted octanol–water partition coefficient (Wildman–Crippen LogP) is 5.61. The zero-order valence-electron chi connectivity index (χ0n) is 8.10. The van der Waals surface area contributed by atoms with Crippen molar-refractivity contribution in [3.63, 3.8) is 0 Å². The van der Waals surface area contributed by atoms with Crippen LogP contribution in [-0.2, 0) is 4.74 Å². The van der Waals surface area contributed by atoms with E-state index < -0.39 is 32.1 Å². The molecular formula is C6H2Cl6F6O. The minimum Gasteiger partial charge on any atom is -0.306 e. The second-order valence-electron chi connectivity index (χ2n) is 3.03. The Kier molecular flexibility index (Phi) is 6.60. The van der Waals surface area contributed by atoms with Gasteiger partial charge in [-0.1, -0.05) is 46.4 Å². The summed E-state index contributed by atoms with van der Waals surface area (Å²) in [7, 11) is 0. The molecule has 0 saturated carbocycles. The van der Waals surface area contributed by atoms with Crippen LogP contribution in [0.5, 0.6) is 0 Å². The van der Waals surface area contributed by atoms with Crippen molar-refractivity contribution in [2.75, 3.05) is 0 Å². The van der Waals surface area contributed by atoms with Crippen molar-refractivity contribution in [3.8, 4) is 0 Å². The molecule has 0 heterocycles. The first-order chi connectivity index (χ1) is 8.02. The molecule has 2 unspecified atom stereocenters. The molecule has 0 bridgehead atoms. The number of rotatable bonds is 4. The lowest BCUT2D eigenvalue weighted by atomic mass is 10.4. The summed E-state index contributed by atoms with van der Waals surface area (Å²) in [5.74, 6) is 0. The Morgan fingerprint density at radius 1 is 0.632 bits per heavy atom. The Labute approximate surface area is 132 Å². The van der Waals surface area contributed by atoms with Crippen molar-refractivity contribution in [1.82, 2.24) is 0 Å². The molecule has 0 rings (SSSR count). The third-order valence-corrected chi connectivity index (χ3v) is 4.17. The molecule has 0 radical (unpaired) electrons. The highest BCUT2D eigenvalue weighted by Crippen LogP contribution is 2.49. The number of hydrogen-bond donors (Lipinski definition) is 0. The standard InChI is InChI=1S/C6H2Cl6F6O/c7-1(5(13,14)15)3(9,10)19-4(11,12)2(8)6(16,17)18/h1-2H. The summed E-state index contributed by atoms with van der Waals surface area (Å²) in [5.41, 5.74) is 0. The quantitative estimate of drug-likeness (QED) is 0.428. The highest BCUT2D eigenvalue weighted by atomic mass is 35.5. The van der Waals surface area contributed by atoms with Crippen molar-refractivity contribution < 1.29 is 31.1 Å². The number of hydrogen-bond acceptors (Lipinski definition) is 1. The minimum atomic E-state index is -5.19. The Morgan fingerprint density at radius 2 is 0.842 bits per heavy atom. The van der Waals surface area contributed by atoms with Crippen molar-refractivity contribution in [2.24, 2.45) is 0 Å². The van der Waals surface area contributed by atoms with Crippen LogP contribution in [0.4, 0.5) is 26.3 Å². The molecule has 0 saturated heterocycles. The Morgan fingerprint density at radius 3 is 1.00 bits per heavy atom. The lowest BCUT2D eigenvalue weighted by Gasteiger charge is -2.34. The third-order valence-electron chi connectivity index (χ3n) is 1.44. The first-order valence-corrected chi connectivity index (χ1v) is 6.27. The molecule has 0 aliphatic carbocycles. The van der Waals surface area contributed by atoms with Gasteiger partial charge in [-0.05, 0) is 0 Å². The topological polar surface area (TPSA) is 9.23 Å².